The predicted octanol–water partition coefficient (Wildman–Crippen LogP) is 13.4. The molecule has 11 aromatic rings. The summed E-state index contributed by atoms with van der Waals surface area (Å²) < 4.78 is 5.21. The number of fused-ring (bicyclic) bond motifs is 10. The molecule has 0 amide bonds. The van der Waals surface area contributed by atoms with Crippen LogP contribution in [0.2, 0.25) is 0 Å². The minimum Gasteiger partial charge on any atom is -0.308 e. The SMILES string of the molecule is c1ccc2cc3c(-n4c5ccccc5c5cc(-c6cccc7c6sc6ccccc67)ccc54)c4cc5ccccc5cc4cc3cc2c1. The molecule has 2 heteroatoms. The lowest BCUT2D eigenvalue weighted by Crippen LogP contribution is -1.98. The number of rotatable bonds is 2. The highest BCUT2D eigenvalue weighted by Gasteiger charge is 2.19. The highest BCUT2D eigenvalue weighted by Crippen LogP contribution is 2.44. The van der Waals surface area contributed by atoms with Crippen LogP contribution in [-0.4, -0.2) is 4.57 Å². The largest absolute Gasteiger partial charge is 0.308 e. The molecule has 0 spiro atoms. The molecule has 0 unspecified atom stereocenters. The number of thiophene rings is 1. The van der Waals surface area contributed by atoms with Crippen molar-refractivity contribution in [2.45, 2.75) is 0 Å². The van der Waals surface area contributed by atoms with Crippen LogP contribution in [0.15, 0.2) is 164 Å². The number of nitrogens with zero attached hydrogens (tertiary/aromatic N) is 1. The Balaban J connectivity index is 1.27. The topological polar surface area (TPSA) is 4.93 Å². The molecule has 0 N–H and O–H groups in total. The Labute approximate surface area is 280 Å². The maximum Gasteiger partial charge on any atom is 0.0619 e. The monoisotopic (exact) mass is 625 g/mol. The average molecular weight is 626 g/mol. The van der Waals surface area contributed by atoms with Crippen molar-refractivity contribution in [1.29, 1.82) is 0 Å². The molecule has 0 aliphatic carbocycles. The normalized spacial score (nSPS) is 12.2. The number of hydrogen-bond donors (Lipinski definition) is 0. The average Bonchev–Trinajstić information content (AvgIpc) is 3.68. The van der Waals surface area contributed by atoms with Gasteiger partial charge in [-0.25, -0.2) is 0 Å². The van der Waals surface area contributed by atoms with Gasteiger partial charge >= 0.3 is 0 Å². The molecule has 0 fully saturated rings. The van der Waals surface area contributed by atoms with Crippen molar-refractivity contribution in [2.24, 2.45) is 0 Å². The van der Waals surface area contributed by atoms with Crippen LogP contribution in [0.5, 0.6) is 0 Å². The van der Waals surface area contributed by atoms with E-state index in [0.29, 0.717) is 0 Å². The third kappa shape index (κ3) is 3.66. The molecule has 11 rings (SSSR count). The minimum absolute atomic E-state index is 1.22. The maximum absolute atomic E-state index is 2.53. The molecular formula is C46H27NS. The number of hydrogen-bond acceptors (Lipinski definition) is 1. The van der Waals surface area contributed by atoms with E-state index < -0.39 is 0 Å². The van der Waals surface area contributed by atoms with Crippen LogP contribution in [0.4, 0.5) is 0 Å². The van der Waals surface area contributed by atoms with Gasteiger partial charge in [0.25, 0.3) is 0 Å². The van der Waals surface area contributed by atoms with Crippen LogP contribution in [0.3, 0.4) is 0 Å². The van der Waals surface area contributed by atoms with E-state index in [1.54, 1.807) is 0 Å². The summed E-state index contributed by atoms with van der Waals surface area (Å²) in [5.74, 6) is 0. The van der Waals surface area contributed by atoms with Gasteiger partial charge < -0.3 is 4.57 Å². The summed E-state index contributed by atoms with van der Waals surface area (Å²) in [7, 11) is 0. The van der Waals surface area contributed by atoms with E-state index in [-0.39, 0.29) is 0 Å². The van der Waals surface area contributed by atoms with Crippen molar-refractivity contribution in [3.05, 3.63) is 164 Å². The molecule has 2 heterocycles. The third-order valence-electron chi connectivity index (χ3n) is 10.3. The fourth-order valence-electron chi connectivity index (χ4n) is 8.07. The molecule has 0 saturated carbocycles. The first-order chi connectivity index (χ1) is 23.8. The zero-order valence-electron chi connectivity index (χ0n) is 25.9. The van der Waals surface area contributed by atoms with E-state index in [1.807, 2.05) is 11.3 Å². The van der Waals surface area contributed by atoms with Crippen LogP contribution in [-0.2, 0) is 0 Å². The Bertz CT molecular complexity index is 3030. The van der Waals surface area contributed by atoms with E-state index in [1.165, 1.54) is 102 Å². The van der Waals surface area contributed by atoms with Gasteiger partial charge in [0.1, 0.15) is 0 Å². The van der Waals surface area contributed by atoms with E-state index in [0.717, 1.165) is 0 Å². The Hall–Kier alpha value is -5.96. The first-order valence-corrected chi connectivity index (χ1v) is 17.3. The summed E-state index contributed by atoms with van der Waals surface area (Å²) in [6.07, 6.45) is 0. The van der Waals surface area contributed by atoms with E-state index >= 15 is 0 Å². The molecule has 0 aliphatic heterocycles. The summed E-state index contributed by atoms with van der Waals surface area (Å²) in [5.41, 5.74) is 6.23. The van der Waals surface area contributed by atoms with Gasteiger partial charge in [0.2, 0.25) is 0 Å². The molecular weight excluding hydrogens is 599 g/mol. The van der Waals surface area contributed by atoms with Crippen LogP contribution in [0, 0.1) is 0 Å². The van der Waals surface area contributed by atoms with Crippen LogP contribution in [0.1, 0.15) is 0 Å². The second-order valence-corrected chi connectivity index (χ2v) is 14.0. The minimum atomic E-state index is 1.22. The van der Waals surface area contributed by atoms with Crippen LogP contribution >= 0.6 is 11.3 Å². The molecule has 0 bridgehead atoms. The Kier molecular flexibility index (Phi) is 5.32. The lowest BCUT2D eigenvalue weighted by Gasteiger charge is -2.17. The van der Waals surface area contributed by atoms with Gasteiger partial charge in [-0.3, -0.25) is 0 Å². The van der Waals surface area contributed by atoms with Gasteiger partial charge in [0, 0.05) is 41.7 Å². The zero-order chi connectivity index (χ0) is 31.3. The molecule has 0 aliphatic rings. The lowest BCUT2D eigenvalue weighted by molar-refractivity contribution is 1.21. The fourth-order valence-corrected chi connectivity index (χ4v) is 9.31. The van der Waals surface area contributed by atoms with Crippen LogP contribution in [0.25, 0.3) is 102 Å². The number of aromatic nitrogens is 1. The van der Waals surface area contributed by atoms with Gasteiger partial charge in [-0.05, 0) is 98.0 Å². The lowest BCUT2D eigenvalue weighted by atomic mass is 9.95. The van der Waals surface area contributed by atoms with Gasteiger partial charge in [0.15, 0.2) is 0 Å². The van der Waals surface area contributed by atoms with Crippen molar-refractivity contribution in [3.8, 4) is 16.8 Å². The molecule has 2 aromatic heterocycles. The second-order valence-electron chi connectivity index (χ2n) is 12.9. The summed E-state index contributed by atoms with van der Waals surface area (Å²) in [5, 5.41) is 15.3. The summed E-state index contributed by atoms with van der Waals surface area (Å²) in [4.78, 5) is 0. The van der Waals surface area contributed by atoms with Crippen molar-refractivity contribution in [3.63, 3.8) is 0 Å². The number of benzene rings is 9. The van der Waals surface area contributed by atoms with Gasteiger partial charge in [-0.1, -0.05) is 109 Å². The third-order valence-corrected chi connectivity index (χ3v) is 11.5. The van der Waals surface area contributed by atoms with Crippen molar-refractivity contribution in [2.75, 3.05) is 0 Å². The summed E-state index contributed by atoms with van der Waals surface area (Å²) in [6, 6.07) is 60.9. The molecule has 0 saturated heterocycles. The Morgan fingerprint density at radius 3 is 1.65 bits per heavy atom. The van der Waals surface area contributed by atoms with Crippen molar-refractivity contribution < 1.29 is 0 Å². The summed E-state index contributed by atoms with van der Waals surface area (Å²) in [6.45, 7) is 0. The van der Waals surface area contributed by atoms with Gasteiger partial charge in [0.05, 0.1) is 16.7 Å². The second kappa shape index (κ2) is 9.78. The van der Waals surface area contributed by atoms with Crippen LogP contribution < -0.4 is 0 Å². The zero-order valence-corrected chi connectivity index (χ0v) is 26.8. The van der Waals surface area contributed by atoms with Gasteiger partial charge in [-0.15, -0.1) is 11.3 Å². The molecule has 222 valence electrons. The maximum atomic E-state index is 2.53. The summed E-state index contributed by atoms with van der Waals surface area (Å²) >= 11 is 1.89. The smallest absolute Gasteiger partial charge is 0.0619 e. The van der Waals surface area contributed by atoms with Crippen molar-refractivity contribution >= 4 is 96.4 Å². The fraction of sp³-hybridized carbons (Fsp3) is 0. The van der Waals surface area contributed by atoms with E-state index in [4.69, 9.17) is 0 Å². The van der Waals surface area contributed by atoms with Crippen molar-refractivity contribution in [1.82, 2.24) is 4.57 Å². The van der Waals surface area contributed by atoms with Gasteiger partial charge in [-0.2, -0.15) is 0 Å². The Morgan fingerprint density at radius 2 is 0.917 bits per heavy atom. The standard InChI is InChI=1S/C46H27NS/c1-3-12-30-25-39-33(22-28(30)10-1)24-34-23-29-11-2-4-13-31(29)26-40(34)45(39)47-42-18-7-5-14-36(42)41-27-32(20-21-43(41)47)35-16-9-17-38-37-15-6-8-19-44(37)48-46(35)38/h1-27H. The molecule has 0 radical (unpaired) electrons. The highest BCUT2D eigenvalue weighted by molar-refractivity contribution is 7.26. The first-order valence-electron chi connectivity index (χ1n) is 16.5. The first kappa shape index (κ1) is 26.1. The Morgan fingerprint density at radius 1 is 0.354 bits per heavy atom. The predicted molar refractivity (Wildman–Crippen MR) is 209 cm³/mol. The molecule has 9 aromatic carbocycles. The van der Waals surface area contributed by atoms with E-state index in [2.05, 4.69) is 168 Å². The number of para-hydroxylation sites is 1. The van der Waals surface area contributed by atoms with E-state index in [9.17, 15) is 0 Å². The highest BCUT2D eigenvalue weighted by atomic mass is 32.1. The molecule has 48 heavy (non-hydrogen) atoms. The molecule has 0 atom stereocenters. The molecule has 1 nitrogen and oxygen atoms in total. The quantitative estimate of drug-likeness (QED) is 0.168.